The number of pyridine rings is 1. The lowest BCUT2D eigenvalue weighted by Gasteiger charge is -2.12. The van der Waals surface area contributed by atoms with Crippen LogP contribution < -0.4 is 10.9 Å². The second-order valence-electron chi connectivity index (χ2n) is 6.70. The van der Waals surface area contributed by atoms with Crippen LogP contribution in [0.15, 0.2) is 71.5 Å². The van der Waals surface area contributed by atoms with E-state index >= 15 is 0 Å². The van der Waals surface area contributed by atoms with Crippen molar-refractivity contribution in [3.05, 3.63) is 88.3 Å². The Morgan fingerprint density at radius 1 is 1.00 bits per heavy atom. The SMILES string of the molecule is Cc1cc(=O)n(CC(=O)Nc2ccccc2)c2c1c(C)nn2-c1ccccc1. The normalized spacial score (nSPS) is 10.9. The van der Waals surface area contributed by atoms with Crippen LogP contribution in [-0.2, 0) is 11.3 Å². The third-order valence-corrected chi connectivity index (χ3v) is 4.65. The number of nitrogens with one attached hydrogen (secondary N) is 1. The molecule has 28 heavy (non-hydrogen) atoms. The molecule has 0 aliphatic heterocycles. The molecule has 140 valence electrons. The molecule has 4 aromatic rings. The molecule has 0 aliphatic rings. The van der Waals surface area contributed by atoms with E-state index in [2.05, 4.69) is 10.4 Å². The molecule has 6 nitrogen and oxygen atoms in total. The van der Waals surface area contributed by atoms with Gasteiger partial charge in [0.2, 0.25) is 5.91 Å². The van der Waals surface area contributed by atoms with E-state index in [1.54, 1.807) is 10.7 Å². The average molecular weight is 372 g/mol. The minimum absolute atomic E-state index is 0.0948. The first kappa shape index (κ1) is 17.7. The zero-order valence-electron chi connectivity index (χ0n) is 15.7. The maximum atomic E-state index is 12.8. The van der Waals surface area contributed by atoms with E-state index in [1.807, 2.05) is 74.5 Å². The van der Waals surface area contributed by atoms with E-state index in [4.69, 9.17) is 0 Å². The van der Waals surface area contributed by atoms with Crippen LogP contribution in [0.5, 0.6) is 0 Å². The quantitative estimate of drug-likeness (QED) is 0.597. The molecule has 0 unspecified atom stereocenters. The molecule has 1 N–H and O–H groups in total. The Morgan fingerprint density at radius 2 is 1.64 bits per heavy atom. The van der Waals surface area contributed by atoms with Crippen molar-refractivity contribution in [2.45, 2.75) is 20.4 Å². The molecule has 1 amide bonds. The Morgan fingerprint density at radius 3 is 2.32 bits per heavy atom. The van der Waals surface area contributed by atoms with Crippen molar-refractivity contribution >= 4 is 22.6 Å². The van der Waals surface area contributed by atoms with Gasteiger partial charge in [0, 0.05) is 17.1 Å². The number of nitrogens with zero attached hydrogens (tertiary/aromatic N) is 3. The number of aryl methyl sites for hydroxylation is 2. The topological polar surface area (TPSA) is 68.9 Å². The first-order valence-electron chi connectivity index (χ1n) is 9.04. The minimum atomic E-state index is -0.267. The van der Waals surface area contributed by atoms with Crippen LogP contribution in [-0.4, -0.2) is 20.3 Å². The smallest absolute Gasteiger partial charge is 0.252 e. The molecule has 2 heterocycles. The monoisotopic (exact) mass is 372 g/mol. The van der Waals surface area contributed by atoms with Gasteiger partial charge in [0.15, 0.2) is 0 Å². The van der Waals surface area contributed by atoms with Gasteiger partial charge in [-0.2, -0.15) is 5.10 Å². The Balaban J connectivity index is 1.84. The van der Waals surface area contributed by atoms with Crippen molar-refractivity contribution in [2.75, 3.05) is 5.32 Å². The van der Waals surface area contributed by atoms with E-state index in [0.717, 1.165) is 22.3 Å². The lowest BCUT2D eigenvalue weighted by atomic mass is 10.1. The molecular weight excluding hydrogens is 352 g/mol. The summed E-state index contributed by atoms with van der Waals surface area (Å²) in [6.07, 6.45) is 0. The number of carbonyl (C=O) groups excluding carboxylic acids is 1. The first-order valence-corrected chi connectivity index (χ1v) is 9.04. The lowest BCUT2D eigenvalue weighted by molar-refractivity contribution is -0.116. The summed E-state index contributed by atoms with van der Waals surface area (Å²) in [4.78, 5) is 25.4. The molecule has 0 spiro atoms. The van der Waals surface area contributed by atoms with E-state index in [-0.39, 0.29) is 18.0 Å². The first-order chi connectivity index (χ1) is 13.5. The Bertz CT molecular complexity index is 1210. The average Bonchev–Trinajstić information content (AvgIpc) is 3.04. The molecule has 0 saturated carbocycles. The number of aromatic nitrogens is 3. The van der Waals surface area contributed by atoms with Gasteiger partial charge in [-0.25, -0.2) is 4.68 Å². The minimum Gasteiger partial charge on any atom is -0.325 e. The predicted molar refractivity (Wildman–Crippen MR) is 110 cm³/mol. The van der Waals surface area contributed by atoms with Crippen LogP contribution in [0.3, 0.4) is 0 Å². The van der Waals surface area contributed by atoms with E-state index in [9.17, 15) is 9.59 Å². The number of anilines is 1. The fourth-order valence-electron chi connectivity index (χ4n) is 3.43. The van der Waals surface area contributed by atoms with Crippen molar-refractivity contribution < 1.29 is 4.79 Å². The number of hydrogen-bond acceptors (Lipinski definition) is 3. The zero-order chi connectivity index (χ0) is 19.7. The summed E-state index contributed by atoms with van der Waals surface area (Å²) in [7, 11) is 0. The summed E-state index contributed by atoms with van der Waals surface area (Å²) in [6, 6.07) is 20.4. The highest BCUT2D eigenvalue weighted by Crippen LogP contribution is 2.23. The number of fused-ring (bicyclic) bond motifs is 1. The van der Waals surface area contributed by atoms with Crippen molar-refractivity contribution in [1.82, 2.24) is 14.3 Å². The number of hydrogen-bond donors (Lipinski definition) is 1. The fourth-order valence-corrected chi connectivity index (χ4v) is 3.43. The van der Waals surface area contributed by atoms with Crippen molar-refractivity contribution in [2.24, 2.45) is 0 Å². The zero-order valence-corrected chi connectivity index (χ0v) is 15.7. The van der Waals surface area contributed by atoms with Gasteiger partial charge in [-0.15, -0.1) is 0 Å². The van der Waals surface area contributed by atoms with E-state index in [1.165, 1.54) is 4.57 Å². The summed E-state index contributed by atoms with van der Waals surface area (Å²) in [5.41, 5.74) is 3.58. The van der Waals surface area contributed by atoms with Gasteiger partial charge in [-0.1, -0.05) is 36.4 Å². The Hall–Kier alpha value is -3.67. The molecule has 4 rings (SSSR count). The predicted octanol–water partition coefficient (Wildman–Crippen LogP) is 3.44. The molecule has 0 bridgehead atoms. The van der Waals surface area contributed by atoms with Gasteiger partial charge in [0.1, 0.15) is 12.2 Å². The molecule has 0 atom stereocenters. The summed E-state index contributed by atoms with van der Waals surface area (Å²) in [6.45, 7) is 3.71. The van der Waals surface area contributed by atoms with Crippen LogP contribution >= 0.6 is 0 Å². The number of rotatable bonds is 4. The van der Waals surface area contributed by atoms with E-state index < -0.39 is 0 Å². The van der Waals surface area contributed by atoms with E-state index in [0.29, 0.717) is 11.3 Å². The molecule has 0 radical (unpaired) electrons. The van der Waals surface area contributed by atoms with Crippen molar-refractivity contribution in [3.63, 3.8) is 0 Å². The summed E-state index contributed by atoms with van der Waals surface area (Å²) in [5.74, 6) is -0.267. The van der Waals surface area contributed by atoms with Crippen LogP contribution in [0.1, 0.15) is 11.3 Å². The van der Waals surface area contributed by atoms with Crippen molar-refractivity contribution in [3.8, 4) is 5.69 Å². The molecule has 2 aromatic heterocycles. The molecular formula is C22H20N4O2. The molecule has 0 aliphatic carbocycles. The van der Waals surface area contributed by atoms with Gasteiger partial charge < -0.3 is 5.32 Å². The standard InChI is InChI=1S/C22H20N4O2/c1-15-13-20(28)25(14-19(27)23-17-9-5-3-6-10-17)22-21(15)16(2)24-26(22)18-11-7-4-8-12-18/h3-13H,14H2,1-2H3,(H,23,27). The van der Waals surface area contributed by atoms with Gasteiger partial charge in [0.25, 0.3) is 5.56 Å². The second-order valence-corrected chi connectivity index (χ2v) is 6.70. The highest BCUT2D eigenvalue weighted by atomic mass is 16.2. The van der Waals surface area contributed by atoms with Gasteiger partial charge in [-0.05, 0) is 43.7 Å². The summed E-state index contributed by atoms with van der Waals surface area (Å²) >= 11 is 0. The highest BCUT2D eigenvalue weighted by molar-refractivity contribution is 5.92. The molecule has 2 aromatic carbocycles. The van der Waals surface area contributed by atoms with Crippen LogP contribution in [0.25, 0.3) is 16.7 Å². The third-order valence-electron chi connectivity index (χ3n) is 4.65. The third kappa shape index (κ3) is 3.20. The summed E-state index contributed by atoms with van der Waals surface area (Å²) < 4.78 is 3.21. The Kier molecular flexibility index (Phi) is 4.53. The maximum absolute atomic E-state index is 12.8. The van der Waals surface area contributed by atoms with Gasteiger partial charge in [0.05, 0.1) is 11.4 Å². The number of amides is 1. The van der Waals surface area contributed by atoms with Gasteiger partial charge in [-0.3, -0.25) is 14.2 Å². The number of carbonyl (C=O) groups is 1. The fraction of sp³-hybridized carbons (Fsp3) is 0.136. The Labute approximate surface area is 162 Å². The lowest BCUT2D eigenvalue weighted by Crippen LogP contribution is -2.28. The molecule has 0 saturated heterocycles. The second kappa shape index (κ2) is 7.15. The molecule has 0 fully saturated rings. The largest absolute Gasteiger partial charge is 0.325 e. The van der Waals surface area contributed by atoms with Crippen LogP contribution in [0.4, 0.5) is 5.69 Å². The summed E-state index contributed by atoms with van der Waals surface area (Å²) in [5, 5.41) is 8.36. The highest BCUT2D eigenvalue weighted by Gasteiger charge is 2.18. The van der Waals surface area contributed by atoms with Crippen LogP contribution in [0, 0.1) is 13.8 Å². The number of benzene rings is 2. The van der Waals surface area contributed by atoms with Crippen LogP contribution in [0.2, 0.25) is 0 Å². The van der Waals surface area contributed by atoms with Crippen molar-refractivity contribution in [1.29, 1.82) is 0 Å². The number of para-hydroxylation sites is 2. The maximum Gasteiger partial charge on any atom is 0.252 e. The van der Waals surface area contributed by atoms with Gasteiger partial charge >= 0.3 is 0 Å². The molecule has 6 heteroatoms.